The van der Waals surface area contributed by atoms with Crippen LogP contribution in [0, 0.1) is 0 Å². The van der Waals surface area contributed by atoms with Crippen LogP contribution in [0.4, 0.5) is 0 Å². The molecule has 0 aliphatic carbocycles. The average Bonchev–Trinajstić information content (AvgIpc) is 3.15. The molecule has 2 heterocycles. The molecule has 1 fully saturated rings. The first-order valence-electron chi connectivity index (χ1n) is 9.24. The molecule has 0 radical (unpaired) electrons. The molecule has 2 aromatic carbocycles. The van der Waals surface area contributed by atoms with E-state index in [-0.39, 0.29) is 11.9 Å². The van der Waals surface area contributed by atoms with Gasteiger partial charge in [-0.15, -0.1) is 11.3 Å². The van der Waals surface area contributed by atoms with Gasteiger partial charge >= 0.3 is 0 Å². The van der Waals surface area contributed by atoms with Crippen molar-refractivity contribution in [2.75, 3.05) is 26.7 Å². The first kappa shape index (κ1) is 17.9. The number of hydrogen-bond acceptors (Lipinski definition) is 5. The van der Waals surface area contributed by atoms with Gasteiger partial charge in [0, 0.05) is 38.0 Å². The molecule has 1 saturated heterocycles. The van der Waals surface area contributed by atoms with Crippen molar-refractivity contribution in [1.82, 2.24) is 15.2 Å². The Hall–Kier alpha value is -2.44. The number of ether oxygens (including phenoxy) is 1. The molecule has 1 aliphatic heterocycles. The van der Waals surface area contributed by atoms with E-state index in [1.807, 2.05) is 47.4 Å². The van der Waals surface area contributed by atoms with E-state index in [4.69, 9.17) is 4.74 Å². The minimum atomic E-state index is -0.00207. The number of thiazole rings is 1. The SMILES string of the molecule is COc1ccccc1C1CNCCN1C(=O)CCc1nc2ccccc2s1. The molecular weight excluding hydrogens is 358 g/mol. The second-order valence-electron chi connectivity index (χ2n) is 6.62. The molecule has 1 aromatic heterocycles. The summed E-state index contributed by atoms with van der Waals surface area (Å²) in [5, 5.41) is 4.42. The van der Waals surface area contributed by atoms with Crippen LogP contribution in [0.25, 0.3) is 10.2 Å². The van der Waals surface area contributed by atoms with E-state index in [1.165, 1.54) is 4.70 Å². The van der Waals surface area contributed by atoms with Gasteiger partial charge < -0.3 is 15.0 Å². The highest BCUT2D eigenvalue weighted by molar-refractivity contribution is 7.18. The van der Waals surface area contributed by atoms with Gasteiger partial charge in [-0.1, -0.05) is 30.3 Å². The molecule has 1 unspecified atom stereocenters. The Balaban J connectivity index is 1.48. The summed E-state index contributed by atoms with van der Waals surface area (Å²) in [4.78, 5) is 19.6. The van der Waals surface area contributed by atoms with E-state index in [0.29, 0.717) is 19.4 Å². The number of amides is 1. The molecule has 4 rings (SSSR count). The van der Waals surface area contributed by atoms with E-state index in [1.54, 1.807) is 18.4 Å². The third-order valence-corrected chi connectivity index (χ3v) is 6.05. The van der Waals surface area contributed by atoms with Crippen LogP contribution in [0.2, 0.25) is 0 Å². The molecule has 1 atom stereocenters. The Morgan fingerprint density at radius 2 is 2.07 bits per heavy atom. The van der Waals surface area contributed by atoms with Crippen molar-refractivity contribution < 1.29 is 9.53 Å². The minimum absolute atomic E-state index is 0.00207. The Morgan fingerprint density at radius 1 is 1.26 bits per heavy atom. The molecule has 1 N–H and O–H groups in total. The number of nitrogens with zero attached hydrogens (tertiary/aromatic N) is 2. The Bertz CT molecular complexity index is 907. The number of aryl methyl sites for hydroxylation is 1. The highest BCUT2D eigenvalue weighted by Gasteiger charge is 2.29. The van der Waals surface area contributed by atoms with Gasteiger partial charge in [0.05, 0.1) is 28.4 Å². The van der Waals surface area contributed by atoms with E-state index in [9.17, 15) is 4.79 Å². The number of methoxy groups -OCH3 is 1. The molecule has 3 aromatic rings. The predicted molar refractivity (Wildman–Crippen MR) is 108 cm³/mol. The van der Waals surface area contributed by atoms with Crippen LogP contribution in [0.5, 0.6) is 5.75 Å². The lowest BCUT2D eigenvalue weighted by atomic mass is 10.0. The maximum atomic E-state index is 13.0. The van der Waals surface area contributed by atoms with Crippen LogP contribution in [0.1, 0.15) is 23.0 Å². The number of carbonyl (C=O) groups excluding carboxylic acids is 1. The largest absolute Gasteiger partial charge is 0.496 e. The molecule has 0 bridgehead atoms. The summed E-state index contributed by atoms with van der Waals surface area (Å²) in [6.07, 6.45) is 1.16. The molecular formula is C21H23N3O2S. The summed E-state index contributed by atoms with van der Waals surface area (Å²) in [7, 11) is 1.67. The Labute approximate surface area is 163 Å². The lowest BCUT2D eigenvalue weighted by Gasteiger charge is -2.37. The van der Waals surface area contributed by atoms with Crippen molar-refractivity contribution >= 4 is 27.5 Å². The van der Waals surface area contributed by atoms with Gasteiger partial charge in [0.2, 0.25) is 5.91 Å². The fourth-order valence-electron chi connectivity index (χ4n) is 3.61. The van der Waals surface area contributed by atoms with Crippen molar-refractivity contribution in [2.24, 2.45) is 0 Å². The average molecular weight is 382 g/mol. The molecule has 140 valence electrons. The van der Waals surface area contributed by atoms with E-state index in [2.05, 4.69) is 16.4 Å². The number of piperazine rings is 1. The Kier molecular flexibility index (Phi) is 5.36. The van der Waals surface area contributed by atoms with Crippen molar-refractivity contribution in [3.05, 3.63) is 59.1 Å². The molecule has 5 nitrogen and oxygen atoms in total. The Morgan fingerprint density at radius 3 is 2.93 bits per heavy atom. The van der Waals surface area contributed by atoms with Crippen molar-refractivity contribution in [2.45, 2.75) is 18.9 Å². The number of aromatic nitrogens is 1. The molecule has 6 heteroatoms. The zero-order valence-corrected chi connectivity index (χ0v) is 16.2. The topological polar surface area (TPSA) is 54.5 Å². The quantitative estimate of drug-likeness (QED) is 0.736. The highest BCUT2D eigenvalue weighted by atomic mass is 32.1. The summed E-state index contributed by atoms with van der Waals surface area (Å²) in [5.74, 6) is 1.00. The second kappa shape index (κ2) is 8.06. The summed E-state index contributed by atoms with van der Waals surface area (Å²) < 4.78 is 6.69. The monoisotopic (exact) mass is 381 g/mol. The smallest absolute Gasteiger partial charge is 0.223 e. The van der Waals surface area contributed by atoms with E-state index >= 15 is 0 Å². The number of nitrogens with one attached hydrogen (secondary N) is 1. The second-order valence-corrected chi connectivity index (χ2v) is 7.74. The van der Waals surface area contributed by atoms with Gasteiger partial charge in [0.1, 0.15) is 5.75 Å². The third-order valence-electron chi connectivity index (χ3n) is 4.95. The summed E-state index contributed by atoms with van der Waals surface area (Å²) in [6.45, 7) is 2.27. The number of rotatable bonds is 5. The minimum Gasteiger partial charge on any atom is -0.496 e. The molecule has 1 aliphatic rings. The zero-order chi connectivity index (χ0) is 18.6. The predicted octanol–water partition coefficient (Wildman–Crippen LogP) is 3.41. The third kappa shape index (κ3) is 3.82. The van der Waals surface area contributed by atoms with Gasteiger partial charge in [-0.05, 0) is 18.2 Å². The first-order chi connectivity index (χ1) is 13.3. The zero-order valence-electron chi connectivity index (χ0n) is 15.4. The highest BCUT2D eigenvalue weighted by Crippen LogP contribution is 2.31. The normalized spacial score (nSPS) is 17.2. The number of hydrogen-bond donors (Lipinski definition) is 1. The van der Waals surface area contributed by atoms with Crippen molar-refractivity contribution in [1.29, 1.82) is 0 Å². The van der Waals surface area contributed by atoms with Crippen LogP contribution in [-0.2, 0) is 11.2 Å². The number of carbonyl (C=O) groups is 1. The summed E-state index contributed by atoms with van der Waals surface area (Å²) >= 11 is 1.67. The number of para-hydroxylation sites is 2. The molecule has 27 heavy (non-hydrogen) atoms. The van der Waals surface area contributed by atoms with Crippen LogP contribution in [0.15, 0.2) is 48.5 Å². The summed E-state index contributed by atoms with van der Waals surface area (Å²) in [6, 6.07) is 16.1. The summed E-state index contributed by atoms with van der Waals surface area (Å²) in [5.41, 5.74) is 2.07. The number of fused-ring (bicyclic) bond motifs is 1. The molecule has 0 saturated carbocycles. The van der Waals surface area contributed by atoms with Gasteiger partial charge in [0.15, 0.2) is 0 Å². The molecule has 0 spiro atoms. The van der Waals surface area contributed by atoms with E-state index in [0.717, 1.165) is 34.9 Å². The lowest BCUT2D eigenvalue weighted by Crippen LogP contribution is -2.48. The maximum absolute atomic E-state index is 13.0. The van der Waals surface area contributed by atoms with Gasteiger partial charge in [0.25, 0.3) is 0 Å². The van der Waals surface area contributed by atoms with Gasteiger partial charge in [-0.3, -0.25) is 4.79 Å². The van der Waals surface area contributed by atoms with Crippen LogP contribution in [0.3, 0.4) is 0 Å². The van der Waals surface area contributed by atoms with Crippen LogP contribution in [-0.4, -0.2) is 42.5 Å². The molecule has 1 amide bonds. The van der Waals surface area contributed by atoms with E-state index < -0.39 is 0 Å². The fourth-order valence-corrected chi connectivity index (χ4v) is 4.57. The number of benzene rings is 2. The van der Waals surface area contributed by atoms with Gasteiger partial charge in [-0.2, -0.15) is 0 Å². The standard InChI is InChI=1S/C21H23N3O2S/c1-26-18-8-4-2-6-15(18)17-14-22-12-13-24(17)21(25)11-10-20-23-16-7-3-5-9-19(16)27-20/h2-9,17,22H,10-14H2,1H3. The van der Waals surface area contributed by atoms with Crippen molar-refractivity contribution in [3.63, 3.8) is 0 Å². The van der Waals surface area contributed by atoms with Gasteiger partial charge in [-0.25, -0.2) is 4.98 Å². The first-order valence-corrected chi connectivity index (χ1v) is 10.1. The van der Waals surface area contributed by atoms with Crippen LogP contribution < -0.4 is 10.1 Å². The fraction of sp³-hybridized carbons (Fsp3) is 0.333. The maximum Gasteiger partial charge on any atom is 0.223 e. The van der Waals surface area contributed by atoms with Crippen molar-refractivity contribution in [3.8, 4) is 5.75 Å². The lowest BCUT2D eigenvalue weighted by molar-refractivity contribution is -0.134. The van der Waals surface area contributed by atoms with Crippen LogP contribution >= 0.6 is 11.3 Å².